The molecule has 1 saturated carbocycles. The number of carbonyl (C=O) groups excluding carboxylic acids is 3. The summed E-state index contributed by atoms with van der Waals surface area (Å²) in [5, 5.41) is 17.1. The van der Waals surface area contributed by atoms with E-state index in [-0.39, 0.29) is 29.5 Å². The van der Waals surface area contributed by atoms with Gasteiger partial charge in [-0.25, -0.2) is 4.79 Å². The lowest BCUT2D eigenvalue weighted by atomic mass is 9.93. The smallest absolute Gasteiger partial charge is 0.408 e. The van der Waals surface area contributed by atoms with Crippen LogP contribution in [0.5, 0.6) is 5.75 Å². The van der Waals surface area contributed by atoms with Gasteiger partial charge in [0.15, 0.2) is 0 Å². The van der Waals surface area contributed by atoms with Gasteiger partial charge in [0.05, 0.1) is 0 Å². The van der Waals surface area contributed by atoms with Crippen molar-refractivity contribution in [3.05, 3.63) is 29.3 Å². The van der Waals surface area contributed by atoms with Gasteiger partial charge < -0.3 is 25.4 Å². The van der Waals surface area contributed by atoms with E-state index in [4.69, 9.17) is 4.74 Å². The maximum Gasteiger partial charge on any atom is 0.408 e. The minimum atomic E-state index is -1.03. The van der Waals surface area contributed by atoms with E-state index in [0.29, 0.717) is 24.1 Å². The molecule has 3 N–H and O–H groups in total. The molecule has 40 heavy (non-hydrogen) atoms. The van der Waals surface area contributed by atoms with Gasteiger partial charge in [-0.15, -0.1) is 0 Å². The van der Waals surface area contributed by atoms with Crippen LogP contribution in [-0.2, 0) is 14.3 Å². The summed E-state index contributed by atoms with van der Waals surface area (Å²) in [7, 11) is 0. The molecule has 0 aromatic heterocycles. The number of nitrogens with one attached hydrogen (secondary N) is 2. The fraction of sp³-hybridized carbons (Fsp3) is 0.719. The number of benzene rings is 1. The number of amides is 3. The van der Waals surface area contributed by atoms with Crippen molar-refractivity contribution in [2.24, 2.45) is 5.92 Å². The number of hydrogen-bond acceptors (Lipinski definition) is 5. The third-order valence-electron chi connectivity index (χ3n) is 7.47. The first kappa shape index (κ1) is 33.4. The molecule has 0 bridgehead atoms. The molecule has 0 radical (unpaired) electrons. The van der Waals surface area contributed by atoms with E-state index in [1.54, 1.807) is 50.8 Å². The third-order valence-corrected chi connectivity index (χ3v) is 7.47. The van der Waals surface area contributed by atoms with Crippen LogP contribution in [0.4, 0.5) is 4.79 Å². The van der Waals surface area contributed by atoms with Gasteiger partial charge >= 0.3 is 6.09 Å². The number of unbranched alkanes of at least 4 members (excludes halogenated alkanes) is 4. The van der Waals surface area contributed by atoms with Crippen LogP contribution in [0.1, 0.15) is 123 Å². The van der Waals surface area contributed by atoms with Gasteiger partial charge in [0.2, 0.25) is 11.8 Å². The van der Waals surface area contributed by atoms with Gasteiger partial charge in [-0.3, -0.25) is 9.59 Å². The van der Waals surface area contributed by atoms with E-state index in [2.05, 4.69) is 17.6 Å². The van der Waals surface area contributed by atoms with Crippen molar-refractivity contribution in [1.82, 2.24) is 15.5 Å². The highest BCUT2D eigenvalue weighted by Crippen LogP contribution is 2.33. The minimum Gasteiger partial charge on any atom is -0.507 e. The third kappa shape index (κ3) is 10.3. The van der Waals surface area contributed by atoms with E-state index in [0.717, 1.165) is 57.8 Å². The molecule has 1 aromatic carbocycles. The molecular formula is C32H53N3O5. The second-order valence-corrected chi connectivity index (χ2v) is 12.6. The van der Waals surface area contributed by atoms with Crippen LogP contribution in [0.3, 0.4) is 0 Å². The van der Waals surface area contributed by atoms with Crippen LogP contribution in [0.25, 0.3) is 0 Å². The molecule has 8 heteroatoms. The van der Waals surface area contributed by atoms with Gasteiger partial charge in [0.25, 0.3) is 0 Å². The Kier molecular flexibility index (Phi) is 13.3. The average molecular weight is 560 g/mol. The maximum absolute atomic E-state index is 14.3. The molecule has 0 heterocycles. The van der Waals surface area contributed by atoms with E-state index in [9.17, 15) is 19.5 Å². The topological polar surface area (TPSA) is 108 Å². The van der Waals surface area contributed by atoms with Crippen LogP contribution in [-0.4, -0.2) is 52.1 Å². The monoisotopic (exact) mass is 559 g/mol. The zero-order valence-electron chi connectivity index (χ0n) is 25.8. The number of alkyl carbamates (subject to hydrolysis) is 1. The maximum atomic E-state index is 14.3. The lowest BCUT2D eigenvalue weighted by Gasteiger charge is -2.37. The molecule has 2 atom stereocenters. The number of aryl methyl sites for hydroxylation is 1. The standard InChI is InChI=1S/C32H53N3O5/c1-8-9-10-11-15-21-35(30(38)26(22(2)3)34-31(39)40-32(5,6)7)27(25-20-16-17-23(4)28(25)36)29(37)33-24-18-13-12-14-19-24/h16-17,20,22,24,26-27,36H,8-15,18-19,21H2,1-7H3,(H,33,37)(H,34,39). The fourth-order valence-electron chi connectivity index (χ4n) is 5.26. The predicted molar refractivity (Wildman–Crippen MR) is 159 cm³/mol. The highest BCUT2D eigenvalue weighted by atomic mass is 16.6. The SMILES string of the molecule is CCCCCCCN(C(=O)C(NC(=O)OC(C)(C)C)C(C)C)C(C(=O)NC1CCCCC1)c1cccc(C)c1O. The van der Waals surface area contributed by atoms with Crippen molar-refractivity contribution in [1.29, 1.82) is 0 Å². The molecule has 1 fully saturated rings. The van der Waals surface area contributed by atoms with Gasteiger partial charge in [0.1, 0.15) is 23.4 Å². The zero-order chi connectivity index (χ0) is 29.9. The number of phenols is 1. The first-order valence-corrected chi connectivity index (χ1v) is 15.2. The number of carbonyl (C=O) groups is 3. The Morgan fingerprint density at radius 1 is 1.05 bits per heavy atom. The second-order valence-electron chi connectivity index (χ2n) is 12.6. The van der Waals surface area contributed by atoms with E-state index in [1.165, 1.54) is 0 Å². The molecule has 2 rings (SSSR count). The summed E-state index contributed by atoms with van der Waals surface area (Å²) in [6, 6.07) is 3.42. The molecule has 3 amide bonds. The Bertz CT molecular complexity index is 966. The van der Waals surface area contributed by atoms with Crippen LogP contribution in [0.2, 0.25) is 0 Å². The molecule has 1 aromatic rings. The lowest BCUT2D eigenvalue weighted by molar-refractivity contribution is -0.143. The Labute approximate surface area is 241 Å². The minimum absolute atomic E-state index is 0.0104. The number of rotatable bonds is 13. The first-order valence-electron chi connectivity index (χ1n) is 15.2. The number of nitrogens with zero attached hydrogens (tertiary/aromatic N) is 1. The normalized spacial score (nSPS) is 15.8. The van der Waals surface area contributed by atoms with Crippen LogP contribution < -0.4 is 10.6 Å². The number of ether oxygens (including phenoxy) is 1. The average Bonchev–Trinajstić information content (AvgIpc) is 2.87. The molecule has 1 aliphatic rings. The Morgan fingerprint density at radius 3 is 2.30 bits per heavy atom. The van der Waals surface area contributed by atoms with Crippen molar-refractivity contribution in [2.75, 3.05) is 6.54 Å². The van der Waals surface area contributed by atoms with Crippen molar-refractivity contribution in [3.8, 4) is 5.75 Å². The van der Waals surface area contributed by atoms with Crippen molar-refractivity contribution >= 4 is 17.9 Å². The van der Waals surface area contributed by atoms with Gasteiger partial charge in [-0.2, -0.15) is 0 Å². The number of hydrogen-bond donors (Lipinski definition) is 3. The first-order chi connectivity index (χ1) is 18.9. The number of phenolic OH excluding ortho intramolecular Hbond substituents is 1. The Morgan fingerprint density at radius 2 is 1.70 bits per heavy atom. The van der Waals surface area contributed by atoms with Crippen molar-refractivity contribution < 1.29 is 24.2 Å². The summed E-state index contributed by atoms with van der Waals surface area (Å²) in [6.07, 6.45) is 9.26. The number of aromatic hydroxyl groups is 1. The molecule has 1 aliphatic carbocycles. The van der Waals surface area contributed by atoms with Gasteiger partial charge in [-0.1, -0.05) is 83.9 Å². The Balaban J connectivity index is 2.49. The lowest BCUT2D eigenvalue weighted by Crippen LogP contribution is -2.55. The number of para-hydroxylation sites is 1. The van der Waals surface area contributed by atoms with Crippen LogP contribution >= 0.6 is 0 Å². The largest absolute Gasteiger partial charge is 0.507 e. The summed E-state index contributed by atoms with van der Waals surface area (Å²) in [5.74, 6) is -0.900. The van der Waals surface area contributed by atoms with Crippen molar-refractivity contribution in [3.63, 3.8) is 0 Å². The summed E-state index contributed by atoms with van der Waals surface area (Å²) >= 11 is 0. The molecule has 226 valence electrons. The van der Waals surface area contributed by atoms with Crippen LogP contribution in [0.15, 0.2) is 18.2 Å². The van der Waals surface area contributed by atoms with E-state index < -0.39 is 23.8 Å². The summed E-state index contributed by atoms with van der Waals surface area (Å²) in [6.45, 7) is 13.3. The van der Waals surface area contributed by atoms with E-state index >= 15 is 0 Å². The van der Waals surface area contributed by atoms with E-state index in [1.807, 2.05) is 13.8 Å². The highest BCUT2D eigenvalue weighted by molar-refractivity contribution is 5.92. The quantitative estimate of drug-likeness (QED) is 0.238. The molecular weight excluding hydrogens is 506 g/mol. The molecule has 0 saturated heterocycles. The molecule has 2 unspecified atom stereocenters. The van der Waals surface area contributed by atoms with Crippen LogP contribution in [0, 0.1) is 12.8 Å². The molecule has 8 nitrogen and oxygen atoms in total. The summed E-state index contributed by atoms with van der Waals surface area (Å²) in [4.78, 5) is 42.7. The fourth-order valence-corrected chi connectivity index (χ4v) is 5.26. The van der Waals surface area contributed by atoms with Gasteiger partial charge in [0, 0.05) is 18.2 Å². The summed E-state index contributed by atoms with van der Waals surface area (Å²) < 4.78 is 5.46. The summed E-state index contributed by atoms with van der Waals surface area (Å²) in [5.41, 5.74) is 0.314. The zero-order valence-corrected chi connectivity index (χ0v) is 25.8. The Hall–Kier alpha value is -2.77. The van der Waals surface area contributed by atoms with Gasteiger partial charge in [-0.05, 0) is 58.4 Å². The second kappa shape index (κ2) is 15.9. The molecule has 0 aliphatic heterocycles. The van der Waals surface area contributed by atoms with Crippen molar-refractivity contribution in [2.45, 2.75) is 136 Å². The highest BCUT2D eigenvalue weighted by Gasteiger charge is 2.39. The predicted octanol–water partition coefficient (Wildman–Crippen LogP) is 6.54. The molecule has 0 spiro atoms.